The summed E-state index contributed by atoms with van der Waals surface area (Å²) < 4.78 is 48.4. The summed E-state index contributed by atoms with van der Waals surface area (Å²) in [7, 11) is 0. The molecule has 0 aliphatic carbocycles. The molecule has 0 atom stereocenters. The number of aromatic nitrogens is 2. The van der Waals surface area contributed by atoms with Gasteiger partial charge in [-0.3, -0.25) is 0 Å². The summed E-state index contributed by atoms with van der Waals surface area (Å²) in [6, 6.07) is 12.5. The third-order valence-corrected chi connectivity index (χ3v) is 4.86. The molecule has 0 amide bonds. The van der Waals surface area contributed by atoms with E-state index in [1.165, 1.54) is 18.2 Å². The van der Waals surface area contributed by atoms with Crippen molar-refractivity contribution in [3.63, 3.8) is 0 Å². The van der Waals surface area contributed by atoms with Crippen molar-refractivity contribution in [2.45, 2.75) is 20.0 Å². The molecular formula is C21H16F3N3O3. The van der Waals surface area contributed by atoms with Crippen molar-refractivity contribution < 1.29 is 28.0 Å². The van der Waals surface area contributed by atoms with Crippen LogP contribution < -0.4 is 0 Å². The lowest BCUT2D eigenvalue weighted by Gasteiger charge is -2.14. The van der Waals surface area contributed by atoms with E-state index in [4.69, 9.17) is 4.52 Å². The Hall–Kier alpha value is -3.75. The first-order chi connectivity index (χ1) is 14.2. The molecule has 0 radical (unpaired) electrons. The predicted molar refractivity (Wildman–Crippen MR) is 104 cm³/mol. The van der Waals surface area contributed by atoms with Gasteiger partial charge in [0.1, 0.15) is 11.5 Å². The maximum Gasteiger partial charge on any atom is 0.437 e. The van der Waals surface area contributed by atoms with Crippen LogP contribution in [0.4, 0.5) is 13.2 Å². The lowest BCUT2D eigenvalue weighted by atomic mass is 9.99. The molecule has 6 nitrogen and oxygen atoms in total. The minimum absolute atomic E-state index is 0.0159. The number of phenolic OH excluding ortho intramolecular Hbond substituents is 1. The summed E-state index contributed by atoms with van der Waals surface area (Å²) in [5, 5.41) is 25.7. The Morgan fingerprint density at radius 1 is 1.07 bits per heavy atom. The minimum Gasteiger partial charge on any atom is -0.508 e. The minimum atomic E-state index is -4.91. The summed E-state index contributed by atoms with van der Waals surface area (Å²) in [6.45, 7) is 3.22. The zero-order valence-corrected chi connectivity index (χ0v) is 15.9. The summed E-state index contributed by atoms with van der Waals surface area (Å²) in [4.78, 5) is 0. The van der Waals surface area contributed by atoms with E-state index in [0.29, 0.717) is 28.2 Å². The average Bonchev–Trinajstić information content (AvgIpc) is 3.19. The van der Waals surface area contributed by atoms with Crippen LogP contribution in [0.15, 0.2) is 58.2 Å². The van der Waals surface area contributed by atoms with Gasteiger partial charge in [-0.05, 0) is 44.2 Å². The number of hydrogen-bond acceptors (Lipinski definition) is 5. The monoisotopic (exact) mass is 415 g/mol. The summed E-state index contributed by atoms with van der Waals surface area (Å²) in [6.07, 6.45) is -4.91. The van der Waals surface area contributed by atoms with Gasteiger partial charge in [0.2, 0.25) is 0 Å². The Balaban J connectivity index is 2.24. The second-order valence-electron chi connectivity index (χ2n) is 6.74. The summed E-state index contributed by atoms with van der Waals surface area (Å²) in [5.74, 6) is 0.332. The highest BCUT2D eigenvalue weighted by molar-refractivity contribution is 6.18. The van der Waals surface area contributed by atoms with Crippen molar-refractivity contribution in [3.8, 4) is 22.7 Å². The molecule has 0 fully saturated rings. The van der Waals surface area contributed by atoms with Gasteiger partial charge in [-0.25, -0.2) is 0 Å². The molecule has 154 valence electrons. The first-order valence-corrected chi connectivity index (χ1v) is 8.89. The van der Waals surface area contributed by atoms with Crippen LogP contribution in [0.3, 0.4) is 0 Å². The molecule has 0 unspecified atom stereocenters. The Morgan fingerprint density at radius 3 is 2.30 bits per heavy atom. The third kappa shape index (κ3) is 2.99. The molecule has 9 heteroatoms. The van der Waals surface area contributed by atoms with Gasteiger partial charge >= 0.3 is 6.18 Å². The fourth-order valence-electron chi connectivity index (χ4n) is 3.66. The van der Waals surface area contributed by atoms with Crippen molar-refractivity contribution in [1.29, 1.82) is 0 Å². The molecule has 0 aliphatic rings. The number of hydrogen-bond donors (Lipinski definition) is 2. The van der Waals surface area contributed by atoms with Crippen LogP contribution in [0.2, 0.25) is 0 Å². The normalized spacial score (nSPS) is 12.6. The third-order valence-electron chi connectivity index (χ3n) is 4.86. The number of fused-ring (bicyclic) bond motifs is 1. The number of benzene rings is 2. The number of halogens is 3. The molecule has 0 bridgehead atoms. The van der Waals surface area contributed by atoms with E-state index in [0.717, 1.165) is 0 Å². The first-order valence-electron chi connectivity index (χ1n) is 8.89. The largest absolute Gasteiger partial charge is 0.508 e. The molecule has 2 heterocycles. The van der Waals surface area contributed by atoms with E-state index in [2.05, 4.69) is 10.3 Å². The Morgan fingerprint density at radius 2 is 1.73 bits per heavy atom. The maximum absolute atomic E-state index is 13.8. The number of para-hydroxylation sites is 1. The standard InChI is InChI=1S/C21H16F3N3O3/c1-11-17(12(2)30-26-11)19-18(20(25-29)21(22,23)24)15-5-3-4-6-16(15)27(19)13-7-9-14(28)10-8-13/h3-10,28-29H,1-2H3/b25-20-. The number of aryl methyl sites for hydroxylation is 2. The maximum atomic E-state index is 13.8. The Labute approximate surface area is 168 Å². The molecule has 0 saturated carbocycles. The van der Waals surface area contributed by atoms with E-state index in [-0.39, 0.29) is 22.4 Å². The molecule has 2 aromatic heterocycles. The predicted octanol–water partition coefficient (Wildman–Crippen LogP) is 5.35. The number of oxime groups is 1. The fourth-order valence-corrected chi connectivity index (χ4v) is 3.66. The zero-order valence-electron chi connectivity index (χ0n) is 15.9. The second-order valence-corrected chi connectivity index (χ2v) is 6.74. The number of aromatic hydroxyl groups is 1. The first kappa shape index (κ1) is 19.6. The van der Waals surface area contributed by atoms with Crippen molar-refractivity contribution >= 4 is 16.6 Å². The van der Waals surface area contributed by atoms with Crippen LogP contribution >= 0.6 is 0 Å². The molecule has 4 aromatic rings. The van der Waals surface area contributed by atoms with Crippen LogP contribution in [-0.2, 0) is 0 Å². The molecule has 0 saturated heterocycles. The second kappa shape index (κ2) is 6.94. The summed E-state index contributed by atoms with van der Waals surface area (Å²) in [5.41, 5.74) is 0.122. The summed E-state index contributed by atoms with van der Waals surface area (Å²) >= 11 is 0. The van der Waals surface area contributed by atoms with Gasteiger partial charge in [-0.2, -0.15) is 13.2 Å². The molecule has 0 spiro atoms. The zero-order chi connectivity index (χ0) is 21.6. The smallest absolute Gasteiger partial charge is 0.437 e. The van der Waals surface area contributed by atoms with Crippen molar-refractivity contribution in [1.82, 2.24) is 9.72 Å². The van der Waals surface area contributed by atoms with Gasteiger partial charge in [0, 0.05) is 16.6 Å². The van der Waals surface area contributed by atoms with Crippen LogP contribution in [0, 0.1) is 13.8 Å². The van der Waals surface area contributed by atoms with Gasteiger partial charge in [-0.1, -0.05) is 28.5 Å². The quantitative estimate of drug-likeness (QED) is 0.268. The van der Waals surface area contributed by atoms with Crippen LogP contribution in [0.5, 0.6) is 5.75 Å². The van der Waals surface area contributed by atoms with Gasteiger partial charge in [0.05, 0.1) is 22.5 Å². The van der Waals surface area contributed by atoms with Crippen molar-refractivity contribution in [2.24, 2.45) is 5.16 Å². The highest BCUT2D eigenvalue weighted by Gasteiger charge is 2.42. The van der Waals surface area contributed by atoms with Gasteiger partial charge in [0.15, 0.2) is 5.71 Å². The molecule has 2 aromatic carbocycles. The van der Waals surface area contributed by atoms with Crippen molar-refractivity contribution in [2.75, 3.05) is 0 Å². The van der Waals surface area contributed by atoms with Crippen LogP contribution in [0.1, 0.15) is 17.0 Å². The van der Waals surface area contributed by atoms with Gasteiger partial charge in [0.25, 0.3) is 0 Å². The average molecular weight is 415 g/mol. The van der Waals surface area contributed by atoms with E-state index in [1.54, 1.807) is 48.7 Å². The highest BCUT2D eigenvalue weighted by atomic mass is 19.4. The topological polar surface area (TPSA) is 83.8 Å². The molecule has 0 aliphatic heterocycles. The Kier molecular flexibility index (Phi) is 4.53. The number of rotatable bonds is 3. The van der Waals surface area contributed by atoms with Crippen LogP contribution in [0.25, 0.3) is 27.8 Å². The molecule has 4 rings (SSSR count). The number of alkyl halides is 3. The van der Waals surface area contributed by atoms with E-state index in [1.807, 2.05) is 0 Å². The Bertz CT molecular complexity index is 1250. The molecular weight excluding hydrogens is 399 g/mol. The van der Waals surface area contributed by atoms with Crippen molar-refractivity contribution in [3.05, 3.63) is 65.5 Å². The number of nitrogens with zero attached hydrogens (tertiary/aromatic N) is 3. The van der Waals surface area contributed by atoms with Gasteiger partial charge in [-0.15, -0.1) is 0 Å². The highest BCUT2D eigenvalue weighted by Crippen LogP contribution is 2.42. The fraction of sp³-hybridized carbons (Fsp3) is 0.143. The lowest BCUT2D eigenvalue weighted by Crippen LogP contribution is -2.24. The van der Waals surface area contributed by atoms with E-state index in [9.17, 15) is 23.5 Å². The van der Waals surface area contributed by atoms with Crippen LogP contribution in [-0.4, -0.2) is 31.9 Å². The molecule has 30 heavy (non-hydrogen) atoms. The lowest BCUT2D eigenvalue weighted by molar-refractivity contribution is -0.0600. The van der Waals surface area contributed by atoms with E-state index >= 15 is 0 Å². The van der Waals surface area contributed by atoms with E-state index < -0.39 is 11.9 Å². The SMILES string of the molecule is Cc1noc(C)c1-c1c(/C(=N/O)C(F)(F)F)c2ccccc2n1-c1ccc(O)cc1. The van der Waals surface area contributed by atoms with Gasteiger partial charge < -0.3 is 19.4 Å². The number of phenols is 1. The molecule has 2 N–H and O–H groups in total.